The van der Waals surface area contributed by atoms with Crippen molar-refractivity contribution >= 4 is 33.5 Å². The number of pyridine rings is 1. The second-order valence-electron chi connectivity index (χ2n) is 3.20. The quantitative estimate of drug-likeness (QED) is 0.679. The second kappa shape index (κ2) is 3.50. The number of nitrogens with zero attached hydrogens (tertiary/aromatic N) is 1. The van der Waals surface area contributed by atoms with Gasteiger partial charge in [-0.1, -0.05) is 6.07 Å². The topological polar surface area (TPSA) is 12.9 Å². The maximum atomic E-state index is 5.80. The third-order valence-corrected chi connectivity index (χ3v) is 2.96. The van der Waals surface area contributed by atoms with Crippen molar-refractivity contribution < 1.29 is 0 Å². The first kappa shape index (κ1) is 9.90. The van der Waals surface area contributed by atoms with E-state index in [0.717, 1.165) is 20.0 Å². The first-order valence-corrected chi connectivity index (χ1v) is 5.28. The molecule has 0 saturated heterocycles. The zero-order valence-electron chi connectivity index (χ0n) is 7.71. The molecule has 2 heteroatoms. The van der Waals surface area contributed by atoms with Crippen LogP contribution in [0.2, 0.25) is 0 Å². The van der Waals surface area contributed by atoms with E-state index in [4.69, 9.17) is 13.8 Å². The summed E-state index contributed by atoms with van der Waals surface area (Å²) < 4.78 is 1.14. The van der Waals surface area contributed by atoms with E-state index in [1.54, 1.807) is 0 Å². The van der Waals surface area contributed by atoms with Crippen LogP contribution in [0.15, 0.2) is 18.2 Å². The van der Waals surface area contributed by atoms with Gasteiger partial charge < -0.3 is 0 Å². The Morgan fingerprint density at radius 1 is 1.29 bits per heavy atom. The molecule has 0 bridgehead atoms. The molecule has 0 aliphatic carbocycles. The maximum Gasteiger partial charge on any atom is 0.0718 e. The maximum absolute atomic E-state index is 5.80. The molecule has 1 heterocycles. The lowest BCUT2D eigenvalue weighted by Crippen LogP contribution is -1.93. The Bertz CT molecular complexity index is 503. The van der Waals surface area contributed by atoms with Crippen LogP contribution in [0.25, 0.3) is 10.9 Å². The molecule has 0 aliphatic rings. The summed E-state index contributed by atoms with van der Waals surface area (Å²) in [4.78, 5) is 4.24. The molecule has 0 fully saturated rings. The van der Waals surface area contributed by atoms with Crippen LogP contribution in [0.4, 0.5) is 0 Å². The van der Waals surface area contributed by atoms with Gasteiger partial charge in [0.15, 0.2) is 0 Å². The third-order valence-electron chi connectivity index (χ3n) is 2.28. The highest BCUT2D eigenvalue weighted by molar-refractivity contribution is 14.1. The summed E-state index contributed by atoms with van der Waals surface area (Å²) in [5.41, 5.74) is 2.90. The molecule has 0 saturated carbocycles. The van der Waals surface area contributed by atoms with Crippen LogP contribution in [-0.2, 0) is 0 Å². The van der Waals surface area contributed by atoms with Crippen molar-refractivity contribution in [1.29, 1.82) is 0 Å². The number of aromatic nitrogens is 1. The van der Waals surface area contributed by atoms with Crippen molar-refractivity contribution in [3.05, 3.63) is 52.4 Å². The normalized spacial score (nSPS) is 10.9. The van der Waals surface area contributed by atoms with Gasteiger partial charge in [0.1, 0.15) is 0 Å². The molecule has 0 N–H and O–H groups in total. The molecule has 2 rings (SSSR count). The van der Waals surface area contributed by atoms with E-state index in [2.05, 4.69) is 27.6 Å². The summed E-state index contributed by atoms with van der Waals surface area (Å²) in [5.74, 6) is 0. The van der Waals surface area contributed by atoms with Crippen molar-refractivity contribution in [1.82, 2.24) is 4.98 Å². The minimum Gasteiger partial charge on any atom is -0.252 e. The molecule has 1 aromatic carbocycles. The lowest BCUT2D eigenvalue weighted by molar-refractivity contribution is 1.27. The largest absolute Gasteiger partial charge is 0.252 e. The first-order chi connectivity index (χ1) is 6.59. The molecule has 0 amide bonds. The van der Waals surface area contributed by atoms with Crippen molar-refractivity contribution in [3.8, 4) is 0 Å². The van der Waals surface area contributed by atoms with Gasteiger partial charge >= 0.3 is 0 Å². The molecular formula is C12H8IN. The number of aryl methyl sites for hydroxylation is 1. The molecule has 4 radical (unpaired) electrons. The van der Waals surface area contributed by atoms with Crippen molar-refractivity contribution in [2.45, 2.75) is 6.92 Å². The van der Waals surface area contributed by atoms with E-state index in [9.17, 15) is 0 Å². The van der Waals surface area contributed by atoms with Gasteiger partial charge in [0.25, 0.3) is 0 Å². The van der Waals surface area contributed by atoms with Gasteiger partial charge in [0, 0.05) is 28.5 Å². The van der Waals surface area contributed by atoms with Gasteiger partial charge in [0.2, 0.25) is 0 Å². The Hall–Kier alpha value is -0.640. The lowest BCUT2D eigenvalue weighted by atomic mass is 10.0. The average molecular weight is 293 g/mol. The van der Waals surface area contributed by atoms with Crippen LogP contribution in [0.1, 0.15) is 16.8 Å². The molecule has 1 nitrogen and oxygen atoms in total. The molecule has 0 aliphatic heterocycles. The van der Waals surface area contributed by atoms with Gasteiger partial charge in [-0.3, -0.25) is 4.98 Å². The highest BCUT2D eigenvalue weighted by Crippen LogP contribution is 2.23. The number of fused-ring (bicyclic) bond motifs is 1. The molecule has 1 aromatic heterocycles. The summed E-state index contributed by atoms with van der Waals surface area (Å²) >= 11 is 2.25. The lowest BCUT2D eigenvalue weighted by Gasteiger charge is -2.07. The van der Waals surface area contributed by atoms with Crippen molar-refractivity contribution in [2.75, 3.05) is 0 Å². The molecule has 0 atom stereocenters. The van der Waals surface area contributed by atoms with Crippen LogP contribution >= 0.6 is 22.6 Å². The second-order valence-corrected chi connectivity index (χ2v) is 4.44. The van der Waals surface area contributed by atoms with E-state index >= 15 is 0 Å². The third kappa shape index (κ3) is 1.52. The summed E-state index contributed by atoms with van der Waals surface area (Å²) in [6.45, 7) is 13.5. The Morgan fingerprint density at radius 3 is 2.71 bits per heavy atom. The predicted molar refractivity (Wildman–Crippen MR) is 66.0 cm³/mol. The molecule has 0 unspecified atom stereocenters. The summed E-state index contributed by atoms with van der Waals surface area (Å²) in [5, 5.41) is 1.07. The number of halogens is 1. The number of benzene rings is 1. The molecular weight excluding hydrogens is 285 g/mol. The van der Waals surface area contributed by atoms with E-state index in [0.29, 0.717) is 11.3 Å². The monoisotopic (exact) mass is 293 g/mol. The molecule has 68 valence electrons. The van der Waals surface area contributed by atoms with Crippen LogP contribution in [0.5, 0.6) is 0 Å². The fourth-order valence-electron chi connectivity index (χ4n) is 1.44. The van der Waals surface area contributed by atoms with E-state index in [-0.39, 0.29) is 0 Å². The number of hydrogen-bond donors (Lipinski definition) is 0. The van der Waals surface area contributed by atoms with Crippen molar-refractivity contribution in [3.63, 3.8) is 0 Å². The van der Waals surface area contributed by atoms with Crippen molar-refractivity contribution in [2.24, 2.45) is 0 Å². The van der Waals surface area contributed by atoms with Gasteiger partial charge in [-0.15, -0.1) is 0 Å². The van der Waals surface area contributed by atoms with E-state index in [1.165, 1.54) is 0 Å². The first-order valence-electron chi connectivity index (χ1n) is 4.20. The summed E-state index contributed by atoms with van der Waals surface area (Å²) in [6, 6.07) is 6.06. The SMILES string of the molecule is [CH]c1nc2cc(I)ccc2c(C)c1[CH]. The van der Waals surface area contributed by atoms with Crippen LogP contribution < -0.4 is 0 Å². The Labute approximate surface area is 97.7 Å². The Morgan fingerprint density at radius 2 is 2.00 bits per heavy atom. The average Bonchev–Trinajstić information content (AvgIpc) is 2.14. The Kier molecular flexibility index (Phi) is 2.47. The smallest absolute Gasteiger partial charge is 0.0718 e. The van der Waals surface area contributed by atoms with Crippen LogP contribution in [0.3, 0.4) is 0 Å². The van der Waals surface area contributed by atoms with Crippen LogP contribution in [-0.4, -0.2) is 4.98 Å². The van der Waals surface area contributed by atoms with E-state index < -0.39 is 0 Å². The standard InChI is InChI=1S/C12H8IN/c1-7-8(2)11-5-4-10(13)6-12(11)14-9(7)3/h1,3-6H,2H3. The fraction of sp³-hybridized carbons (Fsp3) is 0.0833. The zero-order chi connectivity index (χ0) is 10.3. The number of hydrogen-bond acceptors (Lipinski definition) is 1. The van der Waals surface area contributed by atoms with E-state index in [1.807, 2.05) is 25.1 Å². The van der Waals surface area contributed by atoms with Gasteiger partial charge in [-0.2, -0.15) is 0 Å². The number of rotatable bonds is 0. The predicted octanol–water partition coefficient (Wildman–Crippen LogP) is 3.27. The van der Waals surface area contributed by atoms with Crippen LogP contribution in [0, 0.1) is 24.3 Å². The fourth-order valence-corrected chi connectivity index (χ4v) is 1.92. The highest BCUT2D eigenvalue weighted by Gasteiger charge is 2.05. The van der Waals surface area contributed by atoms with Gasteiger partial charge in [-0.05, 0) is 52.8 Å². The summed E-state index contributed by atoms with van der Waals surface area (Å²) in [6.07, 6.45) is 0. The minimum absolute atomic E-state index is 0.414. The molecule has 2 aromatic rings. The van der Waals surface area contributed by atoms with Gasteiger partial charge in [0.05, 0.1) is 5.52 Å². The van der Waals surface area contributed by atoms with Gasteiger partial charge in [-0.25, -0.2) is 0 Å². The molecule has 14 heavy (non-hydrogen) atoms. The zero-order valence-corrected chi connectivity index (χ0v) is 9.87. The molecule has 0 spiro atoms. The highest BCUT2D eigenvalue weighted by atomic mass is 127. The minimum atomic E-state index is 0.414. The summed E-state index contributed by atoms with van der Waals surface area (Å²) in [7, 11) is 0. The Balaban J connectivity index is 2.91.